The van der Waals surface area contributed by atoms with Gasteiger partial charge < -0.3 is 21.3 Å². The summed E-state index contributed by atoms with van der Waals surface area (Å²) in [4.78, 5) is 22.3. The molecule has 1 amide bonds. The largest absolute Gasteiger partial charge is 0.478 e. The fraction of sp³-hybridized carbons (Fsp3) is 0.889. The van der Waals surface area contributed by atoms with Crippen LogP contribution in [0.2, 0.25) is 0 Å². The van der Waals surface area contributed by atoms with Crippen LogP contribution in [0.15, 0.2) is 0 Å². The molecule has 0 spiro atoms. The van der Waals surface area contributed by atoms with Gasteiger partial charge in [0.05, 0.1) is 6.54 Å². The Morgan fingerprint density at radius 3 is 1.67 bits per heavy atom. The van der Waals surface area contributed by atoms with Gasteiger partial charge in [-0.3, -0.25) is 4.79 Å². The number of carboxylic acids is 1. The molecule has 1 unspecified atom stereocenters. The molecule has 24 heavy (non-hydrogen) atoms. The van der Waals surface area contributed by atoms with Gasteiger partial charge in [0.25, 0.3) is 0 Å². The van der Waals surface area contributed by atoms with Crippen molar-refractivity contribution in [2.75, 3.05) is 6.54 Å². The van der Waals surface area contributed by atoms with Crippen LogP contribution in [0.25, 0.3) is 0 Å². The second-order valence-electron chi connectivity index (χ2n) is 6.56. The van der Waals surface area contributed by atoms with E-state index in [0.29, 0.717) is 6.42 Å². The van der Waals surface area contributed by atoms with Crippen molar-refractivity contribution in [1.82, 2.24) is 5.32 Å². The maximum Gasteiger partial charge on any atom is 0.357 e. The van der Waals surface area contributed by atoms with Gasteiger partial charge in [0.2, 0.25) is 11.6 Å². The average Bonchev–Trinajstić information content (AvgIpc) is 2.55. The van der Waals surface area contributed by atoms with Gasteiger partial charge in [-0.2, -0.15) is 0 Å². The van der Waals surface area contributed by atoms with Crippen LogP contribution in [-0.2, 0) is 9.59 Å². The molecule has 0 saturated heterocycles. The maximum atomic E-state index is 11.2. The highest BCUT2D eigenvalue weighted by Crippen LogP contribution is 2.16. The van der Waals surface area contributed by atoms with Crippen molar-refractivity contribution in [3.8, 4) is 0 Å². The molecule has 6 nitrogen and oxygen atoms in total. The second kappa shape index (κ2) is 14.2. The van der Waals surface area contributed by atoms with Crippen LogP contribution in [-0.4, -0.2) is 34.4 Å². The quantitative estimate of drug-likeness (QED) is 0.254. The van der Waals surface area contributed by atoms with Crippen LogP contribution in [0.5, 0.6) is 0 Å². The second-order valence-corrected chi connectivity index (χ2v) is 6.56. The van der Waals surface area contributed by atoms with Gasteiger partial charge in [-0.05, 0) is 6.42 Å². The van der Waals surface area contributed by atoms with E-state index in [2.05, 4.69) is 12.2 Å². The van der Waals surface area contributed by atoms with Gasteiger partial charge in [0.1, 0.15) is 0 Å². The van der Waals surface area contributed by atoms with E-state index < -0.39 is 17.6 Å². The zero-order valence-electron chi connectivity index (χ0n) is 15.2. The zero-order valence-corrected chi connectivity index (χ0v) is 15.2. The van der Waals surface area contributed by atoms with Gasteiger partial charge in [-0.1, -0.05) is 77.6 Å². The predicted molar refractivity (Wildman–Crippen MR) is 95.5 cm³/mol. The molecule has 0 aromatic heterocycles. The molecule has 0 fully saturated rings. The summed E-state index contributed by atoms with van der Waals surface area (Å²) < 4.78 is 0. The lowest BCUT2D eigenvalue weighted by molar-refractivity contribution is -0.166. The van der Waals surface area contributed by atoms with Crippen LogP contribution < -0.4 is 11.1 Å². The average molecular weight is 344 g/mol. The van der Waals surface area contributed by atoms with Crippen LogP contribution >= 0.6 is 0 Å². The first-order valence-electron chi connectivity index (χ1n) is 9.43. The number of carboxylic acid groups (broad SMARTS) is 1. The van der Waals surface area contributed by atoms with Crippen molar-refractivity contribution in [2.45, 2.75) is 96.1 Å². The number of hydrogen-bond donors (Lipinski definition) is 4. The first kappa shape index (κ1) is 22.9. The first-order chi connectivity index (χ1) is 11.5. The molecule has 0 saturated carbocycles. The molecule has 6 heteroatoms. The minimum atomic E-state index is -2.20. The number of rotatable bonds is 16. The van der Waals surface area contributed by atoms with Crippen LogP contribution in [0.4, 0.5) is 0 Å². The van der Waals surface area contributed by atoms with E-state index in [-0.39, 0.29) is 13.0 Å². The normalized spacial score (nSPS) is 13.5. The summed E-state index contributed by atoms with van der Waals surface area (Å²) >= 11 is 0. The number of amides is 1. The SMILES string of the molecule is CCCCCCCCCCCCCCC(O)(NC(=O)CN)C(=O)O. The van der Waals surface area contributed by atoms with Crippen LogP contribution in [0.3, 0.4) is 0 Å². The third-order valence-electron chi connectivity index (χ3n) is 4.28. The van der Waals surface area contributed by atoms with E-state index in [0.717, 1.165) is 19.3 Å². The summed E-state index contributed by atoms with van der Waals surface area (Å²) in [5.74, 6) is -2.11. The Labute approximate surface area is 146 Å². The van der Waals surface area contributed by atoms with E-state index in [1.165, 1.54) is 51.4 Å². The van der Waals surface area contributed by atoms with Crippen molar-refractivity contribution in [1.29, 1.82) is 0 Å². The van der Waals surface area contributed by atoms with Crippen molar-refractivity contribution in [2.24, 2.45) is 5.73 Å². The molecule has 0 rings (SSSR count). The molecule has 0 aromatic carbocycles. The fourth-order valence-electron chi connectivity index (χ4n) is 2.73. The van der Waals surface area contributed by atoms with E-state index in [9.17, 15) is 14.7 Å². The Bertz CT molecular complexity index is 350. The number of nitrogens with two attached hydrogens (primary N) is 1. The van der Waals surface area contributed by atoms with Gasteiger partial charge in [-0.15, -0.1) is 0 Å². The number of nitrogens with one attached hydrogen (secondary N) is 1. The Hall–Kier alpha value is -1.14. The molecule has 142 valence electrons. The molecule has 0 bridgehead atoms. The Balaban J connectivity index is 3.62. The summed E-state index contributed by atoms with van der Waals surface area (Å²) in [6.45, 7) is 1.89. The van der Waals surface area contributed by atoms with Gasteiger partial charge in [0.15, 0.2) is 0 Å². The number of aliphatic carboxylic acids is 1. The first-order valence-corrected chi connectivity index (χ1v) is 9.43. The monoisotopic (exact) mass is 344 g/mol. The number of aliphatic hydroxyl groups is 1. The van der Waals surface area contributed by atoms with Crippen molar-refractivity contribution in [3.63, 3.8) is 0 Å². The summed E-state index contributed by atoms with van der Waals surface area (Å²) in [7, 11) is 0. The van der Waals surface area contributed by atoms with Crippen molar-refractivity contribution in [3.05, 3.63) is 0 Å². The van der Waals surface area contributed by atoms with Gasteiger partial charge in [0, 0.05) is 6.42 Å². The lowest BCUT2D eigenvalue weighted by Gasteiger charge is -2.24. The molecule has 0 heterocycles. The van der Waals surface area contributed by atoms with Crippen LogP contribution in [0.1, 0.15) is 90.4 Å². The molecule has 5 N–H and O–H groups in total. The van der Waals surface area contributed by atoms with E-state index in [4.69, 9.17) is 10.8 Å². The molecule has 0 radical (unpaired) electrons. The molecule has 0 aliphatic carbocycles. The number of carbonyl (C=O) groups excluding carboxylic acids is 1. The molecular weight excluding hydrogens is 308 g/mol. The number of carbonyl (C=O) groups is 2. The Morgan fingerprint density at radius 1 is 0.875 bits per heavy atom. The predicted octanol–water partition coefficient (Wildman–Crippen LogP) is 2.93. The summed E-state index contributed by atoms with van der Waals surface area (Å²) in [5, 5.41) is 21.1. The van der Waals surface area contributed by atoms with Crippen molar-refractivity contribution < 1.29 is 19.8 Å². The van der Waals surface area contributed by atoms with Gasteiger partial charge >= 0.3 is 5.97 Å². The molecular formula is C18H36N2O4. The minimum absolute atomic E-state index is 0.00546. The highest BCUT2D eigenvalue weighted by molar-refractivity contribution is 5.86. The summed E-state index contributed by atoms with van der Waals surface area (Å²) in [6.07, 6.45) is 14.0. The third-order valence-corrected chi connectivity index (χ3v) is 4.28. The summed E-state index contributed by atoms with van der Waals surface area (Å²) in [6, 6.07) is 0. The minimum Gasteiger partial charge on any atom is -0.478 e. The van der Waals surface area contributed by atoms with E-state index in [1.807, 2.05) is 0 Å². The molecule has 1 atom stereocenters. The Morgan fingerprint density at radius 2 is 1.29 bits per heavy atom. The number of unbranched alkanes of at least 4 members (excludes halogenated alkanes) is 11. The van der Waals surface area contributed by atoms with Gasteiger partial charge in [-0.25, -0.2) is 4.79 Å². The Kier molecular flexibility index (Phi) is 13.5. The third kappa shape index (κ3) is 11.4. The van der Waals surface area contributed by atoms with Crippen molar-refractivity contribution >= 4 is 11.9 Å². The highest BCUT2D eigenvalue weighted by atomic mass is 16.4. The van der Waals surface area contributed by atoms with E-state index in [1.54, 1.807) is 0 Å². The maximum absolute atomic E-state index is 11.2. The molecule has 0 aliphatic rings. The zero-order chi connectivity index (χ0) is 18.3. The highest BCUT2D eigenvalue weighted by Gasteiger charge is 2.36. The van der Waals surface area contributed by atoms with Crippen LogP contribution in [0, 0.1) is 0 Å². The van der Waals surface area contributed by atoms with E-state index >= 15 is 0 Å². The molecule has 0 aromatic rings. The topological polar surface area (TPSA) is 113 Å². The smallest absolute Gasteiger partial charge is 0.357 e. The fourth-order valence-corrected chi connectivity index (χ4v) is 2.73. The standard InChI is InChI=1S/C18H36N2O4/c1-2-3-4-5-6-7-8-9-10-11-12-13-14-18(24,17(22)23)20-16(21)15-19/h24H,2-15,19H2,1H3,(H,20,21)(H,22,23). The summed E-state index contributed by atoms with van der Waals surface area (Å²) in [5.41, 5.74) is 2.93. The molecule has 0 aliphatic heterocycles. The lowest BCUT2D eigenvalue weighted by Crippen LogP contribution is -2.55. The number of hydrogen-bond acceptors (Lipinski definition) is 4. The lowest BCUT2D eigenvalue weighted by atomic mass is 10.0.